The van der Waals surface area contributed by atoms with Gasteiger partial charge in [0, 0.05) is 0 Å². The number of anilines is 1. The van der Waals surface area contributed by atoms with Crippen LogP contribution in [0, 0.1) is 0 Å². The van der Waals surface area contributed by atoms with Crippen LogP contribution in [-0.4, -0.2) is 38.0 Å². The second kappa shape index (κ2) is 6.10. The summed E-state index contributed by atoms with van der Waals surface area (Å²) in [7, 11) is 0. The number of rotatable bonds is 3. The SMILES string of the molecule is O=C(CN1C(=O)N[C@]2(CCc3ccccc32)C1=O)Nc1cccc2nsnc12. The number of hydrogen-bond donors (Lipinski definition) is 2. The molecular weight excluding hydrogens is 378 g/mol. The topological polar surface area (TPSA) is 104 Å². The lowest BCUT2D eigenvalue weighted by Crippen LogP contribution is -2.43. The molecule has 0 bridgehead atoms. The van der Waals surface area contributed by atoms with Crippen LogP contribution in [0.2, 0.25) is 0 Å². The molecule has 2 heterocycles. The predicted molar refractivity (Wildman–Crippen MR) is 103 cm³/mol. The fourth-order valence-electron chi connectivity index (χ4n) is 3.97. The largest absolute Gasteiger partial charge is 0.325 e. The molecule has 0 unspecified atom stereocenters. The number of fused-ring (bicyclic) bond motifs is 3. The quantitative estimate of drug-likeness (QED) is 0.663. The maximum atomic E-state index is 13.1. The van der Waals surface area contributed by atoms with E-state index in [1.807, 2.05) is 24.3 Å². The summed E-state index contributed by atoms with van der Waals surface area (Å²) in [5.41, 5.74) is 2.56. The fraction of sp³-hybridized carbons (Fsp3) is 0.211. The maximum absolute atomic E-state index is 13.1. The molecule has 2 aliphatic rings. The van der Waals surface area contributed by atoms with E-state index in [9.17, 15) is 14.4 Å². The third kappa shape index (κ3) is 2.40. The van der Waals surface area contributed by atoms with E-state index in [1.54, 1.807) is 18.2 Å². The van der Waals surface area contributed by atoms with E-state index < -0.39 is 17.5 Å². The third-order valence-electron chi connectivity index (χ3n) is 5.28. The van der Waals surface area contributed by atoms with Gasteiger partial charge in [0.1, 0.15) is 23.1 Å². The number of carbonyl (C=O) groups excluding carboxylic acids is 3. The predicted octanol–water partition coefficient (Wildman–Crippen LogP) is 2.02. The highest BCUT2D eigenvalue weighted by atomic mass is 32.1. The standard InChI is InChI=1S/C19H15N5O3S/c25-15(20-13-6-3-7-14-16(13)23-28-22-14)10-24-17(26)19(21-18(24)27)9-8-11-4-1-2-5-12(11)19/h1-7H,8-10H2,(H,20,25)(H,21,27)/t19-/m0/s1. The zero-order valence-corrected chi connectivity index (χ0v) is 15.5. The van der Waals surface area contributed by atoms with E-state index in [0.29, 0.717) is 29.6 Å². The van der Waals surface area contributed by atoms with Crippen LogP contribution in [-0.2, 0) is 21.5 Å². The minimum absolute atomic E-state index is 0.359. The molecule has 5 rings (SSSR count). The normalized spacial score (nSPS) is 20.6. The second-order valence-electron chi connectivity index (χ2n) is 6.87. The van der Waals surface area contributed by atoms with Gasteiger partial charge in [0.25, 0.3) is 5.91 Å². The van der Waals surface area contributed by atoms with E-state index in [-0.39, 0.29) is 12.5 Å². The number of imide groups is 1. The molecule has 1 aliphatic carbocycles. The van der Waals surface area contributed by atoms with Crippen molar-refractivity contribution in [2.24, 2.45) is 0 Å². The van der Waals surface area contributed by atoms with Crippen molar-refractivity contribution >= 4 is 46.3 Å². The minimum Gasteiger partial charge on any atom is -0.323 e. The summed E-state index contributed by atoms with van der Waals surface area (Å²) in [4.78, 5) is 39.1. The molecule has 140 valence electrons. The number of aryl methyl sites for hydroxylation is 1. The summed E-state index contributed by atoms with van der Waals surface area (Å²) in [5, 5.41) is 5.55. The molecule has 9 heteroatoms. The van der Waals surface area contributed by atoms with E-state index in [2.05, 4.69) is 19.4 Å². The minimum atomic E-state index is -1.06. The Morgan fingerprint density at radius 1 is 1.18 bits per heavy atom. The molecule has 1 spiro atoms. The van der Waals surface area contributed by atoms with Crippen LogP contribution in [0.25, 0.3) is 11.0 Å². The average molecular weight is 393 g/mol. The number of aromatic nitrogens is 2. The molecule has 1 aliphatic heterocycles. The first-order valence-corrected chi connectivity index (χ1v) is 9.55. The summed E-state index contributed by atoms with van der Waals surface area (Å²) in [6.07, 6.45) is 1.21. The molecule has 4 amide bonds. The van der Waals surface area contributed by atoms with Crippen molar-refractivity contribution in [1.29, 1.82) is 0 Å². The Labute approximate surface area is 163 Å². The van der Waals surface area contributed by atoms with E-state index >= 15 is 0 Å². The molecule has 3 aromatic rings. The first kappa shape index (κ1) is 16.8. The monoisotopic (exact) mass is 393 g/mol. The molecule has 1 saturated heterocycles. The van der Waals surface area contributed by atoms with Gasteiger partial charge in [-0.25, -0.2) is 4.79 Å². The first-order valence-electron chi connectivity index (χ1n) is 8.82. The van der Waals surface area contributed by atoms with Gasteiger partial charge >= 0.3 is 6.03 Å². The lowest BCUT2D eigenvalue weighted by atomic mass is 9.92. The molecule has 1 fully saturated rings. The number of carbonyl (C=O) groups is 3. The lowest BCUT2D eigenvalue weighted by molar-refractivity contribution is -0.134. The van der Waals surface area contributed by atoms with Gasteiger partial charge in [0.15, 0.2) is 0 Å². The summed E-state index contributed by atoms with van der Waals surface area (Å²) in [6, 6.07) is 12.3. The van der Waals surface area contributed by atoms with Gasteiger partial charge in [0.05, 0.1) is 17.4 Å². The van der Waals surface area contributed by atoms with Crippen molar-refractivity contribution in [1.82, 2.24) is 19.0 Å². The molecule has 1 aromatic heterocycles. The second-order valence-corrected chi connectivity index (χ2v) is 7.40. The number of nitrogens with one attached hydrogen (secondary N) is 2. The van der Waals surface area contributed by atoms with Crippen molar-refractivity contribution in [2.75, 3.05) is 11.9 Å². The molecule has 28 heavy (non-hydrogen) atoms. The van der Waals surface area contributed by atoms with Crippen LogP contribution >= 0.6 is 11.7 Å². The lowest BCUT2D eigenvalue weighted by Gasteiger charge is -2.22. The molecule has 8 nitrogen and oxygen atoms in total. The van der Waals surface area contributed by atoms with Gasteiger partial charge in [-0.2, -0.15) is 8.75 Å². The van der Waals surface area contributed by atoms with Gasteiger partial charge in [-0.1, -0.05) is 30.3 Å². The first-order chi connectivity index (χ1) is 13.6. The van der Waals surface area contributed by atoms with E-state index in [4.69, 9.17) is 0 Å². The van der Waals surface area contributed by atoms with Crippen molar-refractivity contribution in [3.63, 3.8) is 0 Å². The zero-order valence-electron chi connectivity index (χ0n) is 14.6. The smallest absolute Gasteiger partial charge is 0.323 e. The third-order valence-corrected chi connectivity index (χ3v) is 5.83. The van der Waals surface area contributed by atoms with Gasteiger partial charge in [0.2, 0.25) is 5.91 Å². The number of hydrogen-bond acceptors (Lipinski definition) is 6. The molecule has 2 aromatic carbocycles. The highest BCUT2D eigenvalue weighted by Crippen LogP contribution is 2.41. The van der Waals surface area contributed by atoms with Crippen LogP contribution in [0.1, 0.15) is 17.5 Å². The molecular formula is C19H15N5O3S. The summed E-state index contributed by atoms with van der Waals surface area (Å²) < 4.78 is 8.31. The highest BCUT2D eigenvalue weighted by molar-refractivity contribution is 7.00. The van der Waals surface area contributed by atoms with Crippen LogP contribution < -0.4 is 10.6 Å². The van der Waals surface area contributed by atoms with E-state index in [0.717, 1.165) is 27.8 Å². The Morgan fingerprint density at radius 3 is 2.93 bits per heavy atom. The maximum Gasteiger partial charge on any atom is 0.325 e. The molecule has 1 atom stereocenters. The number of nitrogens with zero attached hydrogens (tertiary/aromatic N) is 3. The Balaban J connectivity index is 1.38. The number of benzene rings is 2. The molecule has 0 radical (unpaired) electrons. The van der Waals surface area contributed by atoms with E-state index in [1.165, 1.54) is 0 Å². The zero-order chi connectivity index (χ0) is 19.3. The van der Waals surface area contributed by atoms with Crippen molar-refractivity contribution in [2.45, 2.75) is 18.4 Å². The number of amides is 4. The van der Waals surface area contributed by atoms with Crippen LogP contribution in [0.15, 0.2) is 42.5 Å². The van der Waals surface area contributed by atoms with Gasteiger partial charge in [-0.05, 0) is 36.1 Å². The molecule has 2 N–H and O–H groups in total. The Morgan fingerprint density at radius 2 is 2.04 bits per heavy atom. The van der Waals surface area contributed by atoms with Crippen LogP contribution in [0.5, 0.6) is 0 Å². The average Bonchev–Trinajstić information content (AvgIpc) is 3.37. The summed E-state index contributed by atoms with van der Waals surface area (Å²) >= 11 is 1.05. The molecule has 0 saturated carbocycles. The van der Waals surface area contributed by atoms with Gasteiger partial charge in [-0.3, -0.25) is 14.5 Å². The van der Waals surface area contributed by atoms with Crippen molar-refractivity contribution in [3.8, 4) is 0 Å². The Bertz CT molecular complexity index is 1140. The van der Waals surface area contributed by atoms with Crippen molar-refractivity contribution < 1.29 is 14.4 Å². The van der Waals surface area contributed by atoms with Gasteiger partial charge in [-0.15, -0.1) is 0 Å². The van der Waals surface area contributed by atoms with Crippen LogP contribution in [0.4, 0.5) is 10.5 Å². The highest BCUT2D eigenvalue weighted by Gasteiger charge is 2.55. The number of urea groups is 1. The Kier molecular flexibility index (Phi) is 3.66. The van der Waals surface area contributed by atoms with Crippen molar-refractivity contribution in [3.05, 3.63) is 53.6 Å². The summed E-state index contributed by atoms with van der Waals surface area (Å²) in [6.45, 7) is -0.359. The summed E-state index contributed by atoms with van der Waals surface area (Å²) in [5.74, 6) is -0.849. The van der Waals surface area contributed by atoms with Crippen LogP contribution in [0.3, 0.4) is 0 Å². The fourth-order valence-corrected chi connectivity index (χ4v) is 4.52. The van der Waals surface area contributed by atoms with Gasteiger partial charge < -0.3 is 10.6 Å². The Hall–Kier alpha value is -3.33.